The zero-order chi connectivity index (χ0) is 23.2. The number of rotatable bonds is 2. The van der Waals surface area contributed by atoms with Crippen molar-refractivity contribution in [2.75, 3.05) is 0 Å². The molecular formula is C10F18. The van der Waals surface area contributed by atoms with Gasteiger partial charge >= 0.3 is 47.9 Å². The van der Waals surface area contributed by atoms with Crippen LogP contribution in [0.25, 0.3) is 0 Å². The third-order valence-corrected chi connectivity index (χ3v) is 3.40. The molecule has 0 amide bonds. The van der Waals surface area contributed by atoms with Crippen LogP contribution in [0, 0.1) is 0 Å². The second-order valence-electron chi connectivity index (χ2n) is 5.19. The van der Waals surface area contributed by atoms with Gasteiger partial charge < -0.3 is 0 Å². The highest BCUT2D eigenvalue weighted by atomic mass is 19.4. The lowest BCUT2D eigenvalue weighted by Crippen LogP contribution is -2.72. The van der Waals surface area contributed by atoms with Crippen molar-refractivity contribution in [1.82, 2.24) is 0 Å². The first-order chi connectivity index (χ1) is 11.7. The van der Waals surface area contributed by atoms with Gasteiger partial charge in [0.1, 0.15) is 0 Å². The molecule has 0 aromatic rings. The third-order valence-electron chi connectivity index (χ3n) is 3.40. The lowest BCUT2D eigenvalue weighted by molar-refractivity contribution is -0.384. The van der Waals surface area contributed by atoms with Gasteiger partial charge in [0.2, 0.25) is 0 Å². The summed E-state index contributed by atoms with van der Waals surface area (Å²) in [7, 11) is 0. The molecule has 0 aromatic carbocycles. The van der Waals surface area contributed by atoms with Crippen LogP contribution in [-0.4, -0.2) is 47.9 Å². The highest BCUT2D eigenvalue weighted by Crippen LogP contribution is 2.68. The molecule has 1 aliphatic carbocycles. The van der Waals surface area contributed by atoms with E-state index in [1.807, 2.05) is 0 Å². The third kappa shape index (κ3) is 2.64. The summed E-state index contributed by atoms with van der Waals surface area (Å²) in [5.41, 5.74) is -11.1. The Hall–Kier alpha value is -1.52. The van der Waals surface area contributed by atoms with Gasteiger partial charge in [0.05, 0.1) is 11.1 Å². The Bertz CT molecular complexity index is 611. The van der Waals surface area contributed by atoms with Crippen LogP contribution in [-0.2, 0) is 0 Å². The first-order valence-electron chi connectivity index (χ1n) is 5.90. The molecule has 0 atom stereocenters. The maximum absolute atomic E-state index is 13.4. The molecule has 0 spiro atoms. The monoisotopic (exact) mass is 462 g/mol. The van der Waals surface area contributed by atoms with Crippen LogP contribution in [0.15, 0.2) is 11.1 Å². The normalized spacial score (nSPS) is 25.1. The smallest absolute Gasteiger partial charge is 0.194 e. The van der Waals surface area contributed by atoms with Gasteiger partial charge in [0.15, 0.2) is 0 Å². The van der Waals surface area contributed by atoms with Gasteiger partial charge in [0, 0.05) is 0 Å². The fourth-order valence-electron chi connectivity index (χ4n) is 2.01. The van der Waals surface area contributed by atoms with E-state index in [1.165, 1.54) is 0 Å². The molecule has 0 heterocycles. The predicted octanol–water partition coefficient (Wildman–Crippen LogP) is 6.23. The number of allylic oxidation sites excluding steroid dienone is 2. The lowest BCUT2D eigenvalue weighted by atomic mass is 9.75. The number of alkyl halides is 18. The highest BCUT2D eigenvalue weighted by Gasteiger charge is 2.92. The summed E-state index contributed by atoms with van der Waals surface area (Å²) < 4.78 is 231. The molecule has 28 heavy (non-hydrogen) atoms. The average Bonchev–Trinajstić information content (AvgIpc) is 2.39. The Balaban J connectivity index is 4.38. The molecule has 166 valence electrons. The second kappa shape index (κ2) is 5.54. The predicted molar refractivity (Wildman–Crippen MR) is 48.8 cm³/mol. The summed E-state index contributed by atoms with van der Waals surface area (Å²) in [6.07, 6.45) is -15.5. The molecule has 18 heteroatoms. The summed E-state index contributed by atoms with van der Waals surface area (Å²) in [6.45, 7) is 0. The van der Waals surface area contributed by atoms with E-state index >= 15 is 0 Å². The van der Waals surface area contributed by atoms with Crippen LogP contribution in [0.2, 0.25) is 0 Å². The molecule has 0 bridgehead atoms. The van der Waals surface area contributed by atoms with Crippen molar-refractivity contribution in [1.29, 1.82) is 0 Å². The van der Waals surface area contributed by atoms with Gasteiger partial charge in [-0.05, 0) is 0 Å². The maximum Gasteiger partial charge on any atom is 0.457 e. The minimum Gasteiger partial charge on any atom is -0.194 e. The van der Waals surface area contributed by atoms with Crippen molar-refractivity contribution in [2.24, 2.45) is 0 Å². The number of hydrogen-bond donors (Lipinski definition) is 0. The summed E-state index contributed by atoms with van der Waals surface area (Å²) in [5, 5.41) is 0. The van der Waals surface area contributed by atoms with Crippen molar-refractivity contribution in [2.45, 2.75) is 47.9 Å². The second-order valence-corrected chi connectivity index (χ2v) is 5.19. The molecule has 0 aromatic heterocycles. The van der Waals surface area contributed by atoms with E-state index in [9.17, 15) is 79.0 Å². The van der Waals surface area contributed by atoms with Gasteiger partial charge in [-0.2, -0.15) is 79.0 Å². The SMILES string of the molecule is FC(F)(F)C(F)(F)C1=C(C(F)(F)C(F)(F)F)C(F)(F)C(F)(F)C(F)(F)C1(F)F. The van der Waals surface area contributed by atoms with Gasteiger partial charge in [-0.1, -0.05) is 0 Å². The molecular weight excluding hydrogens is 462 g/mol. The lowest BCUT2D eigenvalue weighted by Gasteiger charge is -2.47. The van der Waals surface area contributed by atoms with Crippen molar-refractivity contribution in [3.05, 3.63) is 11.1 Å². The van der Waals surface area contributed by atoms with Gasteiger partial charge in [-0.25, -0.2) is 0 Å². The van der Waals surface area contributed by atoms with E-state index in [0.29, 0.717) is 0 Å². The van der Waals surface area contributed by atoms with E-state index in [1.54, 1.807) is 0 Å². The van der Waals surface area contributed by atoms with E-state index < -0.39 is 59.0 Å². The van der Waals surface area contributed by atoms with Crippen LogP contribution in [0.3, 0.4) is 0 Å². The van der Waals surface area contributed by atoms with E-state index in [2.05, 4.69) is 0 Å². The maximum atomic E-state index is 13.4. The van der Waals surface area contributed by atoms with Crippen molar-refractivity contribution in [3.63, 3.8) is 0 Å². The van der Waals surface area contributed by atoms with Gasteiger partial charge in [0.25, 0.3) is 0 Å². The molecule has 0 fully saturated rings. The zero-order valence-electron chi connectivity index (χ0n) is 11.8. The van der Waals surface area contributed by atoms with Crippen LogP contribution < -0.4 is 0 Å². The molecule has 0 unspecified atom stereocenters. The molecule has 0 N–H and O–H groups in total. The summed E-state index contributed by atoms with van der Waals surface area (Å²) in [4.78, 5) is 0. The first-order valence-corrected chi connectivity index (χ1v) is 5.90. The van der Waals surface area contributed by atoms with Crippen LogP contribution in [0.1, 0.15) is 0 Å². The largest absolute Gasteiger partial charge is 0.457 e. The van der Waals surface area contributed by atoms with Crippen molar-refractivity contribution in [3.8, 4) is 0 Å². The zero-order valence-corrected chi connectivity index (χ0v) is 11.8. The molecule has 0 radical (unpaired) electrons. The topological polar surface area (TPSA) is 0 Å². The Kier molecular flexibility index (Phi) is 4.85. The van der Waals surface area contributed by atoms with Crippen molar-refractivity contribution >= 4 is 0 Å². The van der Waals surface area contributed by atoms with Crippen LogP contribution in [0.5, 0.6) is 0 Å². The number of hydrogen-bond acceptors (Lipinski definition) is 0. The fraction of sp³-hybridized carbons (Fsp3) is 0.800. The Morgan fingerprint density at radius 1 is 0.393 bits per heavy atom. The highest BCUT2D eigenvalue weighted by molar-refractivity contribution is 5.47. The van der Waals surface area contributed by atoms with E-state index in [0.717, 1.165) is 0 Å². The first kappa shape index (κ1) is 24.5. The molecule has 0 aliphatic heterocycles. The number of halogens is 18. The Morgan fingerprint density at radius 2 is 0.571 bits per heavy atom. The quantitative estimate of drug-likeness (QED) is 0.337. The summed E-state index contributed by atoms with van der Waals surface area (Å²) in [5.74, 6) is -47.5. The van der Waals surface area contributed by atoms with E-state index in [-0.39, 0.29) is 0 Å². The Labute approximate surface area is 139 Å². The van der Waals surface area contributed by atoms with Gasteiger partial charge in [-0.3, -0.25) is 0 Å². The minimum atomic E-state index is -7.93. The molecule has 1 rings (SSSR count). The Morgan fingerprint density at radius 3 is 0.714 bits per heavy atom. The molecule has 1 aliphatic rings. The van der Waals surface area contributed by atoms with Crippen LogP contribution in [0.4, 0.5) is 79.0 Å². The minimum absolute atomic E-state index is 5.53. The standard InChI is InChI=1S/C10F18/c11-3(12)1(5(15,16)9(23,24)25)2(6(17,18)10(26,27)28)4(13,14)8(21,22)7(3,19)20. The molecule has 0 nitrogen and oxygen atoms in total. The fourth-order valence-corrected chi connectivity index (χ4v) is 2.01. The molecule has 0 saturated heterocycles. The molecule has 0 saturated carbocycles. The van der Waals surface area contributed by atoms with Crippen LogP contribution >= 0.6 is 0 Å². The average molecular weight is 462 g/mol. The summed E-state index contributed by atoms with van der Waals surface area (Å²) in [6, 6.07) is 0. The summed E-state index contributed by atoms with van der Waals surface area (Å²) >= 11 is 0. The van der Waals surface area contributed by atoms with Crippen molar-refractivity contribution < 1.29 is 79.0 Å². The van der Waals surface area contributed by atoms with Gasteiger partial charge in [-0.15, -0.1) is 0 Å². The van der Waals surface area contributed by atoms with E-state index in [4.69, 9.17) is 0 Å².